The van der Waals surface area contributed by atoms with Gasteiger partial charge in [0.2, 0.25) is 0 Å². The van der Waals surface area contributed by atoms with Crippen LogP contribution >= 0.6 is 0 Å². The van der Waals surface area contributed by atoms with Crippen molar-refractivity contribution in [1.82, 2.24) is 20.6 Å². The Labute approximate surface area is 103 Å². The van der Waals surface area contributed by atoms with Crippen LogP contribution in [0.25, 0.3) is 0 Å². The maximum atomic E-state index is 12.0. The number of rotatable bonds is 3. The number of hydrogen-bond donors (Lipinski definition) is 2. The normalized spacial score (nSPS) is 11.1. The predicted molar refractivity (Wildman–Crippen MR) is 55.3 cm³/mol. The van der Waals surface area contributed by atoms with E-state index in [1.165, 1.54) is 12.1 Å². The third-order valence-electron chi connectivity index (χ3n) is 1.87. The minimum absolute atomic E-state index is 0.108. The van der Waals surface area contributed by atoms with Gasteiger partial charge in [0.25, 0.3) is 11.7 Å². The number of benzene rings is 1. The van der Waals surface area contributed by atoms with E-state index >= 15 is 0 Å². The topological polar surface area (TPSA) is 92.8 Å². The molecule has 1 amide bonds. The molecule has 1 aromatic carbocycles. The monoisotopic (exact) mass is 273 g/mol. The molecule has 0 bridgehead atoms. The second-order valence-corrected chi connectivity index (χ2v) is 3.27. The molecule has 0 saturated heterocycles. The lowest BCUT2D eigenvalue weighted by molar-refractivity contribution is -0.274. The number of aromatic nitrogens is 4. The average molecular weight is 273 g/mol. The lowest BCUT2D eigenvalue weighted by Gasteiger charge is -2.10. The second-order valence-electron chi connectivity index (χ2n) is 3.27. The molecule has 0 spiro atoms. The van der Waals surface area contributed by atoms with Crippen molar-refractivity contribution < 1.29 is 22.7 Å². The van der Waals surface area contributed by atoms with Gasteiger partial charge in [0.1, 0.15) is 5.75 Å². The Bertz CT molecular complexity index is 569. The number of halogens is 3. The number of amides is 1. The fourth-order valence-electron chi connectivity index (χ4n) is 1.22. The lowest BCUT2D eigenvalue weighted by Crippen LogP contribution is -2.17. The number of carbonyl (C=O) groups excluding carboxylic acids is 1. The summed E-state index contributed by atoms with van der Waals surface area (Å²) in [7, 11) is 0. The maximum Gasteiger partial charge on any atom is 0.573 e. The number of hydrogen-bond acceptors (Lipinski definition) is 5. The van der Waals surface area contributed by atoms with Crippen molar-refractivity contribution in [2.24, 2.45) is 0 Å². The van der Waals surface area contributed by atoms with Crippen LogP contribution in [0.15, 0.2) is 24.3 Å². The molecule has 0 aliphatic heterocycles. The molecule has 0 fully saturated rings. The molecular weight excluding hydrogens is 267 g/mol. The fourth-order valence-corrected chi connectivity index (χ4v) is 1.22. The van der Waals surface area contributed by atoms with Gasteiger partial charge in [0.05, 0.1) is 0 Å². The molecule has 1 aromatic heterocycles. The van der Waals surface area contributed by atoms with E-state index in [1.54, 1.807) is 0 Å². The highest BCUT2D eigenvalue weighted by molar-refractivity contribution is 6.01. The largest absolute Gasteiger partial charge is 0.573 e. The number of H-pyrrole nitrogens is 1. The van der Waals surface area contributed by atoms with Crippen LogP contribution in [0.4, 0.5) is 18.9 Å². The summed E-state index contributed by atoms with van der Waals surface area (Å²) in [5.74, 6) is -1.39. The van der Waals surface area contributed by atoms with Crippen molar-refractivity contribution in [3.05, 3.63) is 30.1 Å². The summed E-state index contributed by atoms with van der Waals surface area (Å²) in [6.07, 6.45) is -4.80. The van der Waals surface area contributed by atoms with E-state index in [2.05, 4.69) is 30.7 Å². The molecule has 1 heterocycles. The van der Waals surface area contributed by atoms with Crippen molar-refractivity contribution in [1.29, 1.82) is 0 Å². The molecular formula is C9H6F3N5O2. The van der Waals surface area contributed by atoms with E-state index in [0.29, 0.717) is 0 Å². The van der Waals surface area contributed by atoms with Crippen LogP contribution in [0, 0.1) is 0 Å². The average Bonchev–Trinajstić information content (AvgIpc) is 2.80. The van der Waals surface area contributed by atoms with E-state index in [4.69, 9.17) is 0 Å². The van der Waals surface area contributed by atoms with E-state index in [-0.39, 0.29) is 11.5 Å². The highest BCUT2D eigenvalue weighted by Gasteiger charge is 2.31. The highest BCUT2D eigenvalue weighted by atomic mass is 19.4. The summed E-state index contributed by atoms with van der Waals surface area (Å²) in [5, 5.41) is 14.4. The Morgan fingerprint density at radius 1 is 1.37 bits per heavy atom. The molecule has 0 atom stereocenters. The van der Waals surface area contributed by atoms with Crippen LogP contribution in [0.2, 0.25) is 0 Å². The van der Waals surface area contributed by atoms with E-state index in [1.807, 2.05) is 0 Å². The molecule has 0 radical (unpaired) electrons. The van der Waals surface area contributed by atoms with Gasteiger partial charge in [0.15, 0.2) is 0 Å². The van der Waals surface area contributed by atoms with Crippen LogP contribution < -0.4 is 10.1 Å². The molecule has 2 N–H and O–H groups in total. The predicted octanol–water partition coefficient (Wildman–Crippen LogP) is 1.35. The third-order valence-corrected chi connectivity index (χ3v) is 1.87. The zero-order valence-corrected chi connectivity index (χ0v) is 9.10. The smallest absolute Gasteiger partial charge is 0.406 e. The van der Waals surface area contributed by atoms with Crippen LogP contribution in [0.3, 0.4) is 0 Å². The Balaban J connectivity index is 2.09. The number of alkyl halides is 3. The molecule has 19 heavy (non-hydrogen) atoms. The summed E-state index contributed by atoms with van der Waals surface area (Å²) in [6.45, 7) is 0. The first-order valence-corrected chi connectivity index (χ1v) is 4.85. The van der Waals surface area contributed by atoms with E-state index < -0.39 is 18.0 Å². The van der Waals surface area contributed by atoms with Gasteiger partial charge in [0, 0.05) is 11.8 Å². The van der Waals surface area contributed by atoms with Gasteiger partial charge in [-0.25, -0.2) is 0 Å². The Hall–Kier alpha value is -2.65. The first kappa shape index (κ1) is 12.8. The Morgan fingerprint density at radius 2 is 2.16 bits per heavy atom. The number of nitrogens with one attached hydrogen (secondary N) is 2. The van der Waals surface area contributed by atoms with Crippen LogP contribution in [0.1, 0.15) is 10.6 Å². The van der Waals surface area contributed by atoms with Crippen molar-refractivity contribution in [2.75, 3.05) is 5.32 Å². The van der Waals surface area contributed by atoms with Gasteiger partial charge in [-0.2, -0.15) is 5.21 Å². The van der Waals surface area contributed by atoms with Crippen LogP contribution in [-0.4, -0.2) is 32.9 Å². The van der Waals surface area contributed by atoms with Crippen molar-refractivity contribution >= 4 is 11.6 Å². The highest BCUT2D eigenvalue weighted by Crippen LogP contribution is 2.25. The van der Waals surface area contributed by atoms with Crippen molar-refractivity contribution in [2.45, 2.75) is 6.36 Å². The fraction of sp³-hybridized carbons (Fsp3) is 0.111. The quantitative estimate of drug-likeness (QED) is 0.880. The molecule has 10 heteroatoms. The lowest BCUT2D eigenvalue weighted by atomic mass is 10.3. The van der Waals surface area contributed by atoms with E-state index in [0.717, 1.165) is 12.1 Å². The Kier molecular flexibility index (Phi) is 3.31. The number of nitrogens with zero attached hydrogens (tertiary/aromatic N) is 3. The molecule has 7 nitrogen and oxygen atoms in total. The van der Waals surface area contributed by atoms with Gasteiger partial charge >= 0.3 is 6.36 Å². The van der Waals surface area contributed by atoms with Gasteiger partial charge in [-0.15, -0.1) is 23.4 Å². The van der Waals surface area contributed by atoms with Gasteiger partial charge < -0.3 is 10.1 Å². The number of tetrazole rings is 1. The number of aromatic amines is 1. The van der Waals surface area contributed by atoms with Crippen molar-refractivity contribution in [3.8, 4) is 5.75 Å². The molecule has 0 aliphatic carbocycles. The zero-order chi connectivity index (χ0) is 13.9. The van der Waals surface area contributed by atoms with Crippen LogP contribution in [0.5, 0.6) is 5.75 Å². The summed E-state index contributed by atoms with van der Waals surface area (Å²) in [4.78, 5) is 11.5. The SMILES string of the molecule is O=C(Nc1cccc(OC(F)(F)F)c1)c1nn[nH]n1. The zero-order valence-electron chi connectivity index (χ0n) is 9.10. The number of carbonyl (C=O) groups is 1. The van der Waals surface area contributed by atoms with Gasteiger partial charge in [-0.05, 0) is 17.3 Å². The molecule has 0 saturated carbocycles. The molecule has 2 rings (SSSR count). The summed E-state index contributed by atoms with van der Waals surface area (Å²) >= 11 is 0. The molecule has 2 aromatic rings. The number of ether oxygens (including phenoxy) is 1. The maximum absolute atomic E-state index is 12.0. The minimum Gasteiger partial charge on any atom is -0.406 e. The molecule has 100 valence electrons. The van der Waals surface area contributed by atoms with E-state index in [9.17, 15) is 18.0 Å². The first-order chi connectivity index (χ1) is 8.94. The van der Waals surface area contributed by atoms with Crippen LogP contribution in [-0.2, 0) is 0 Å². The van der Waals surface area contributed by atoms with Crippen molar-refractivity contribution in [3.63, 3.8) is 0 Å². The molecule has 0 unspecified atom stereocenters. The standard InChI is InChI=1S/C9H6F3N5O2/c10-9(11,12)19-6-3-1-2-5(4-6)13-8(18)7-14-16-17-15-7/h1-4H,(H,13,18)(H,14,15,16,17). The third kappa shape index (κ3) is 3.66. The Morgan fingerprint density at radius 3 is 2.79 bits per heavy atom. The summed E-state index contributed by atoms with van der Waals surface area (Å²) in [5.41, 5.74) is 0.108. The van der Waals surface area contributed by atoms with Gasteiger partial charge in [-0.1, -0.05) is 6.07 Å². The number of anilines is 1. The minimum atomic E-state index is -4.80. The summed E-state index contributed by atoms with van der Waals surface area (Å²) < 4.78 is 39.8. The van der Waals surface area contributed by atoms with Gasteiger partial charge in [-0.3, -0.25) is 4.79 Å². The summed E-state index contributed by atoms with van der Waals surface area (Å²) in [6, 6.07) is 4.82. The first-order valence-electron chi connectivity index (χ1n) is 4.85. The molecule has 0 aliphatic rings. The second kappa shape index (κ2) is 4.92.